The maximum Gasteiger partial charge on any atom is 0.220 e. The van der Waals surface area contributed by atoms with Crippen LogP contribution in [0.3, 0.4) is 0 Å². The molecule has 7 heteroatoms. The molecule has 6 unspecified atom stereocenters. The number of rotatable bonds is 8. The van der Waals surface area contributed by atoms with Crippen LogP contribution < -0.4 is 0 Å². The molecule has 178 valence electrons. The summed E-state index contributed by atoms with van der Waals surface area (Å²) in [4.78, 5) is 0. The first-order valence-corrected chi connectivity index (χ1v) is 15.5. The SMILES string of the molecule is CCCC(C)OC(=S)SC1CC/C=C/CCC(SC(=S)OC(C)CCC)C2CCC1S2. The van der Waals surface area contributed by atoms with Gasteiger partial charge in [-0.3, -0.25) is 0 Å². The van der Waals surface area contributed by atoms with Crippen LogP contribution in [-0.4, -0.2) is 42.0 Å². The van der Waals surface area contributed by atoms with Gasteiger partial charge in [-0.05, 0) is 89.6 Å². The molecule has 0 aromatic heterocycles. The molecule has 0 amide bonds. The van der Waals surface area contributed by atoms with E-state index in [0.717, 1.165) is 47.3 Å². The standard InChI is InChI=1S/C24H40O2S5/c1-5-11-17(3)25-23(27)30-19-13-9-7-8-10-14-20(22-16-15-21(19)29-22)31-24(28)26-18(4)12-6-2/h7-8,17-22H,5-6,9-16H2,1-4H3/b8-7+. The summed E-state index contributed by atoms with van der Waals surface area (Å²) in [7, 11) is 0. The maximum atomic E-state index is 6.01. The predicted octanol–water partition coefficient (Wildman–Crippen LogP) is 8.56. The Morgan fingerprint density at radius 1 is 0.839 bits per heavy atom. The number of hydrogen-bond acceptors (Lipinski definition) is 7. The van der Waals surface area contributed by atoms with Crippen LogP contribution in [0.15, 0.2) is 12.2 Å². The molecular weight excluding hydrogens is 481 g/mol. The number of thiocarbonyl (C=S) groups is 2. The van der Waals surface area contributed by atoms with Gasteiger partial charge in [0.15, 0.2) is 0 Å². The molecule has 2 bridgehead atoms. The van der Waals surface area contributed by atoms with Crippen LogP contribution in [0.4, 0.5) is 0 Å². The van der Waals surface area contributed by atoms with Crippen molar-refractivity contribution in [1.29, 1.82) is 0 Å². The molecule has 2 rings (SSSR count). The number of allylic oxidation sites excluding steroid dienone is 2. The maximum absolute atomic E-state index is 6.01. The lowest BCUT2D eigenvalue weighted by atomic mass is 10.0. The second kappa shape index (κ2) is 15.5. The summed E-state index contributed by atoms with van der Waals surface area (Å²) in [6.07, 6.45) is 16.7. The highest BCUT2D eigenvalue weighted by atomic mass is 32.2. The monoisotopic (exact) mass is 520 g/mol. The van der Waals surface area contributed by atoms with Crippen LogP contribution in [0, 0.1) is 0 Å². The van der Waals surface area contributed by atoms with E-state index in [1.807, 2.05) is 0 Å². The zero-order valence-electron chi connectivity index (χ0n) is 19.5. The second-order valence-electron chi connectivity index (χ2n) is 8.66. The molecule has 0 aromatic carbocycles. The number of thioether (sulfide) groups is 3. The van der Waals surface area contributed by atoms with Crippen LogP contribution in [-0.2, 0) is 9.47 Å². The highest BCUT2D eigenvalue weighted by Gasteiger charge is 2.37. The topological polar surface area (TPSA) is 18.5 Å². The second-order valence-corrected chi connectivity index (χ2v) is 13.8. The largest absolute Gasteiger partial charge is 0.476 e. The van der Waals surface area contributed by atoms with E-state index in [1.54, 1.807) is 23.5 Å². The van der Waals surface area contributed by atoms with Crippen molar-refractivity contribution in [3.05, 3.63) is 12.2 Å². The summed E-state index contributed by atoms with van der Waals surface area (Å²) in [5, 5.41) is 2.33. The third-order valence-corrected chi connectivity index (χ3v) is 11.1. The minimum Gasteiger partial charge on any atom is -0.476 e. The van der Waals surface area contributed by atoms with Crippen molar-refractivity contribution in [2.45, 2.75) is 125 Å². The molecule has 2 heterocycles. The lowest BCUT2D eigenvalue weighted by Crippen LogP contribution is -2.23. The Morgan fingerprint density at radius 3 is 1.65 bits per heavy atom. The molecule has 1 fully saturated rings. The first-order chi connectivity index (χ1) is 14.9. The molecular formula is C24H40O2S5. The van der Waals surface area contributed by atoms with Gasteiger partial charge < -0.3 is 9.47 Å². The molecule has 0 N–H and O–H groups in total. The van der Waals surface area contributed by atoms with Crippen LogP contribution in [0.1, 0.15) is 91.9 Å². The van der Waals surface area contributed by atoms with E-state index in [0.29, 0.717) is 21.0 Å². The minimum atomic E-state index is 0.216. The van der Waals surface area contributed by atoms with Gasteiger partial charge in [-0.2, -0.15) is 11.8 Å². The third kappa shape index (κ3) is 10.6. The normalized spacial score (nSPS) is 29.4. The molecule has 0 radical (unpaired) electrons. The zero-order chi connectivity index (χ0) is 22.6. The summed E-state index contributed by atoms with van der Waals surface area (Å²) in [5.41, 5.74) is 0. The van der Waals surface area contributed by atoms with E-state index in [-0.39, 0.29) is 12.2 Å². The summed E-state index contributed by atoms with van der Waals surface area (Å²) >= 11 is 17.0. The molecule has 2 aliphatic heterocycles. The molecule has 0 saturated carbocycles. The lowest BCUT2D eigenvalue weighted by molar-refractivity contribution is 0.209. The van der Waals surface area contributed by atoms with Gasteiger partial charge in [0, 0.05) is 21.0 Å². The highest BCUT2D eigenvalue weighted by molar-refractivity contribution is 8.24. The van der Waals surface area contributed by atoms with E-state index in [4.69, 9.17) is 33.9 Å². The van der Waals surface area contributed by atoms with Gasteiger partial charge >= 0.3 is 0 Å². The Labute approximate surface area is 214 Å². The Hall–Kier alpha value is 0.570. The van der Waals surface area contributed by atoms with Crippen LogP contribution in [0.2, 0.25) is 0 Å². The average molecular weight is 521 g/mol. The summed E-state index contributed by atoms with van der Waals surface area (Å²) in [5.74, 6) is 0. The van der Waals surface area contributed by atoms with E-state index < -0.39 is 0 Å². The molecule has 6 atom stereocenters. The number of hydrogen-bond donors (Lipinski definition) is 0. The Kier molecular flexibility index (Phi) is 13.9. The molecule has 0 aliphatic carbocycles. The molecule has 0 spiro atoms. The van der Waals surface area contributed by atoms with Crippen molar-refractivity contribution < 1.29 is 9.47 Å². The van der Waals surface area contributed by atoms with Gasteiger partial charge in [-0.1, -0.05) is 62.4 Å². The smallest absolute Gasteiger partial charge is 0.220 e. The summed E-state index contributed by atoms with van der Waals surface area (Å²) < 4.78 is 13.5. The van der Waals surface area contributed by atoms with E-state index >= 15 is 0 Å². The predicted molar refractivity (Wildman–Crippen MR) is 151 cm³/mol. The zero-order valence-corrected chi connectivity index (χ0v) is 23.6. The highest BCUT2D eigenvalue weighted by Crippen LogP contribution is 2.46. The van der Waals surface area contributed by atoms with Crippen molar-refractivity contribution >= 4 is 68.5 Å². The van der Waals surface area contributed by atoms with Crippen molar-refractivity contribution in [2.24, 2.45) is 0 Å². The van der Waals surface area contributed by atoms with Crippen molar-refractivity contribution in [2.75, 3.05) is 0 Å². The minimum absolute atomic E-state index is 0.216. The van der Waals surface area contributed by atoms with Crippen LogP contribution in [0.25, 0.3) is 0 Å². The first-order valence-electron chi connectivity index (χ1n) is 12.0. The van der Waals surface area contributed by atoms with E-state index in [9.17, 15) is 0 Å². The molecule has 0 aromatic rings. The van der Waals surface area contributed by atoms with Crippen molar-refractivity contribution in [3.8, 4) is 0 Å². The van der Waals surface area contributed by atoms with Gasteiger partial charge in [0.05, 0.1) is 12.2 Å². The fraction of sp³-hybridized carbons (Fsp3) is 0.833. The van der Waals surface area contributed by atoms with Gasteiger partial charge in [-0.25, -0.2) is 0 Å². The van der Waals surface area contributed by atoms with Gasteiger partial charge in [0.2, 0.25) is 8.77 Å². The van der Waals surface area contributed by atoms with Crippen molar-refractivity contribution in [3.63, 3.8) is 0 Å². The van der Waals surface area contributed by atoms with Gasteiger partial charge in [0.1, 0.15) is 0 Å². The Balaban J connectivity index is 1.96. The quantitative estimate of drug-likeness (QED) is 0.233. The Bertz CT molecular complexity index is 534. The van der Waals surface area contributed by atoms with Crippen LogP contribution in [0.5, 0.6) is 0 Å². The third-order valence-electron chi connectivity index (χ3n) is 5.80. The summed E-state index contributed by atoms with van der Waals surface area (Å²) in [6, 6.07) is 0. The molecule has 31 heavy (non-hydrogen) atoms. The summed E-state index contributed by atoms with van der Waals surface area (Å²) in [6.45, 7) is 8.64. The van der Waals surface area contributed by atoms with Crippen LogP contribution >= 0.6 is 59.7 Å². The van der Waals surface area contributed by atoms with E-state index in [2.05, 4.69) is 51.6 Å². The number of ether oxygens (including phenoxy) is 2. The van der Waals surface area contributed by atoms with Crippen molar-refractivity contribution in [1.82, 2.24) is 0 Å². The fourth-order valence-electron chi connectivity index (χ4n) is 4.20. The lowest BCUT2D eigenvalue weighted by Gasteiger charge is -2.26. The number of fused-ring (bicyclic) bond motifs is 2. The van der Waals surface area contributed by atoms with Gasteiger partial charge in [-0.15, -0.1) is 0 Å². The van der Waals surface area contributed by atoms with Gasteiger partial charge in [0.25, 0.3) is 0 Å². The molecule has 2 aliphatic rings. The average Bonchev–Trinajstić information content (AvgIpc) is 3.17. The fourth-order valence-corrected chi connectivity index (χ4v) is 9.62. The first kappa shape index (κ1) is 27.8. The Morgan fingerprint density at radius 2 is 1.26 bits per heavy atom. The molecule has 2 nitrogen and oxygen atoms in total. The van der Waals surface area contributed by atoms with E-state index in [1.165, 1.54) is 25.7 Å². The molecule has 1 saturated heterocycles.